The summed E-state index contributed by atoms with van der Waals surface area (Å²) in [5.41, 5.74) is 0. The largest absolute Gasteiger partial charge is 0.0938 e. The summed E-state index contributed by atoms with van der Waals surface area (Å²) in [6.07, 6.45) is 16.2. The minimum atomic E-state index is 1.04. The van der Waals surface area contributed by atoms with Gasteiger partial charge >= 0.3 is 0 Å². The molecular weight excluding hydrogens is 244 g/mol. The van der Waals surface area contributed by atoms with Crippen molar-refractivity contribution in [2.45, 2.75) is 77.6 Å². The Bertz CT molecular complexity index is 153. The van der Waals surface area contributed by atoms with Gasteiger partial charge in [0.25, 0.3) is 0 Å². The lowest BCUT2D eigenvalue weighted by Gasteiger charge is -2.06. The molecule has 0 aliphatic carbocycles. The molecule has 1 heterocycles. The minimum Gasteiger partial charge on any atom is -0.0938 e. The molecule has 2 heteroatoms. The molecule has 102 valence electrons. The summed E-state index contributed by atoms with van der Waals surface area (Å²) in [5.74, 6) is 3.88. The van der Waals surface area contributed by atoms with Crippen molar-refractivity contribution in [2.75, 3.05) is 11.5 Å². The highest BCUT2D eigenvalue weighted by Gasteiger charge is 2.15. The highest BCUT2D eigenvalue weighted by atomic mass is 33.1. The Morgan fingerprint density at radius 1 is 0.706 bits per heavy atom. The maximum atomic E-state index is 2.29. The summed E-state index contributed by atoms with van der Waals surface area (Å²) in [5, 5.41) is 0. The summed E-state index contributed by atoms with van der Waals surface area (Å²) >= 11 is 0. The molecule has 0 bridgehead atoms. The van der Waals surface area contributed by atoms with Crippen molar-refractivity contribution in [3.8, 4) is 0 Å². The molecule has 0 amide bonds. The fourth-order valence-electron chi connectivity index (χ4n) is 2.42. The van der Waals surface area contributed by atoms with E-state index in [0.717, 1.165) is 5.92 Å². The molecule has 0 nitrogen and oxygen atoms in total. The van der Waals surface area contributed by atoms with E-state index in [2.05, 4.69) is 28.5 Å². The number of hydrogen-bond acceptors (Lipinski definition) is 2. The molecule has 1 aliphatic rings. The molecule has 1 saturated heterocycles. The van der Waals surface area contributed by atoms with Gasteiger partial charge in [-0.15, -0.1) is 0 Å². The SMILES string of the molecule is CCCCCCCCCCCCC1CSSC1. The van der Waals surface area contributed by atoms with E-state index in [1.807, 2.05) is 0 Å². The number of unbranched alkanes of at least 4 members (excludes halogenated alkanes) is 9. The van der Waals surface area contributed by atoms with Crippen molar-refractivity contribution in [3.05, 3.63) is 0 Å². The first-order chi connectivity index (χ1) is 8.43. The lowest BCUT2D eigenvalue weighted by molar-refractivity contribution is 0.515. The molecule has 0 aromatic rings. The summed E-state index contributed by atoms with van der Waals surface area (Å²) in [6, 6.07) is 0. The molecular formula is C15H30S2. The highest BCUT2D eigenvalue weighted by Crippen LogP contribution is 2.36. The smallest absolute Gasteiger partial charge is 0.00735 e. The maximum Gasteiger partial charge on any atom is 0.00735 e. The highest BCUT2D eigenvalue weighted by molar-refractivity contribution is 8.77. The van der Waals surface area contributed by atoms with Gasteiger partial charge in [-0.3, -0.25) is 0 Å². The van der Waals surface area contributed by atoms with Crippen LogP contribution in [0.1, 0.15) is 77.6 Å². The summed E-state index contributed by atoms with van der Waals surface area (Å²) in [6.45, 7) is 2.29. The van der Waals surface area contributed by atoms with Crippen LogP contribution in [0.15, 0.2) is 0 Å². The third kappa shape index (κ3) is 9.30. The van der Waals surface area contributed by atoms with Gasteiger partial charge < -0.3 is 0 Å². The zero-order chi connectivity index (χ0) is 12.2. The van der Waals surface area contributed by atoms with E-state index >= 15 is 0 Å². The molecule has 0 atom stereocenters. The van der Waals surface area contributed by atoms with E-state index in [0.29, 0.717) is 0 Å². The molecule has 0 radical (unpaired) electrons. The molecule has 1 fully saturated rings. The topological polar surface area (TPSA) is 0 Å². The zero-order valence-corrected chi connectivity index (χ0v) is 13.2. The average molecular weight is 275 g/mol. The van der Waals surface area contributed by atoms with Crippen molar-refractivity contribution in [1.82, 2.24) is 0 Å². The first-order valence-corrected chi connectivity index (χ1v) is 10.2. The molecule has 0 N–H and O–H groups in total. The predicted octanol–water partition coefficient (Wildman–Crippen LogP) is 6.31. The maximum absolute atomic E-state index is 2.29. The van der Waals surface area contributed by atoms with Crippen LogP contribution in [0.5, 0.6) is 0 Å². The third-order valence-electron chi connectivity index (χ3n) is 3.66. The fraction of sp³-hybridized carbons (Fsp3) is 1.00. The Morgan fingerprint density at radius 3 is 1.71 bits per heavy atom. The van der Waals surface area contributed by atoms with Gasteiger partial charge in [0.05, 0.1) is 0 Å². The quantitative estimate of drug-likeness (QED) is 0.320. The summed E-state index contributed by atoms with van der Waals surface area (Å²) < 4.78 is 0. The van der Waals surface area contributed by atoms with Gasteiger partial charge in [0.15, 0.2) is 0 Å². The van der Waals surface area contributed by atoms with E-state index in [4.69, 9.17) is 0 Å². The standard InChI is InChI=1S/C15H30S2/c1-2-3-4-5-6-7-8-9-10-11-12-15-13-16-17-14-15/h15H,2-14H2,1H3. The van der Waals surface area contributed by atoms with Gasteiger partial charge in [0.1, 0.15) is 0 Å². The van der Waals surface area contributed by atoms with Gasteiger partial charge in [0.2, 0.25) is 0 Å². The van der Waals surface area contributed by atoms with E-state index in [-0.39, 0.29) is 0 Å². The number of hydrogen-bond donors (Lipinski definition) is 0. The van der Waals surface area contributed by atoms with E-state index in [9.17, 15) is 0 Å². The van der Waals surface area contributed by atoms with E-state index in [1.54, 1.807) is 0 Å². The molecule has 0 saturated carbocycles. The van der Waals surface area contributed by atoms with Crippen LogP contribution in [0.2, 0.25) is 0 Å². The van der Waals surface area contributed by atoms with Crippen molar-refractivity contribution >= 4 is 21.6 Å². The summed E-state index contributed by atoms with van der Waals surface area (Å²) in [4.78, 5) is 0. The molecule has 0 aromatic heterocycles. The predicted molar refractivity (Wildman–Crippen MR) is 84.9 cm³/mol. The summed E-state index contributed by atoms with van der Waals surface area (Å²) in [7, 11) is 4.16. The molecule has 0 aromatic carbocycles. The van der Waals surface area contributed by atoms with Crippen LogP contribution in [-0.2, 0) is 0 Å². The first kappa shape index (κ1) is 15.8. The first-order valence-electron chi connectivity index (χ1n) is 7.68. The van der Waals surface area contributed by atoms with Crippen molar-refractivity contribution in [2.24, 2.45) is 5.92 Å². The fourth-order valence-corrected chi connectivity index (χ4v) is 5.45. The second kappa shape index (κ2) is 11.8. The monoisotopic (exact) mass is 274 g/mol. The van der Waals surface area contributed by atoms with Crippen LogP contribution in [-0.4, -0.2) is 11.5 Å². The van der Waals surface area contributed by atoms with Crippen LogP contribution in [0, 0.1) is 5.92 Å². The second-order valence-corrected chi connectivity index (χ2v) is 7.96. The van der Waals surface area contributed by atoms with Crippen LogP contribution < -0.4 is 0 Å². The lowest BCUT2D eigenvalue weighted by atomic mass is 10.0. The van der Waals surface area contributed by atoms with E-state index in [1.165, 1.54) is 82.1 Å². The third-order valence-corrected chi connectivity index (χ3v) is 6.35. The van der Waals surface area contributed by atoms with Crippen LogP contribution in [0.3, 0.4) is 0 Å². The Labute approximate surface area is 116 Å². The Kier molecular flexibility index (Phi) is 10.9. The van der Waals surface area contributed by atoms with Gasteiger partial charge in [-0.25, -0.2) is 0 Å². The van der Waals surface area contributed by atoms with Gasteiger partial charge in [-0.05, 0) is 12.3 Å². The average Bonchev–Trinajstić information content (AvgIpc) is 2.85. The van der Waals surface area contributed by atoms with Crippen molar-refractivity contribution in [1.29, 1.82) is 0 Å². The van der Waals surface area contributed by atoms with Crippen LogP contribution >= 0.6 is 21.6 Å². The molecule has 1 rings (SSSR count). The minimum absolute atomic E-state index is 1.04. The molecule has 17 heavy (non-hydrogen) atoms. The van der Waals surface area contributed by atoms with Gasteiger partial charge in [-0.1, -0.05) is 92.7 Å². The second-order valence-electron chi connectivity index (χ2n) is 5.41. The van der Waals surface area contributed by atoms with Gasteiger partial charge in [0, 0.05) is 11.5 Å². The normalized spacial score (nSPS) is 16.8. The Morgan fingerprint density at radius 2 is 1.18 bits per heavy atom. The lowest BCUT2D eigenvalue weighted by Crippen LogP contribution is -2.00. The Balaban J connectivity index is 1.69. The van der Waals surface area contributed by atoms with Crippen LogP contribution in [0.25, 0.3) is 0 Å². The van der Waals surface area contributed by atoms with Crippen molar-refractivity contribution < 1.29 is 0 Å². The molecule has 1 aliphatic heterocycles. The molecule has 0 unspecified atom stereocenters. The van der Waals surface area contributed by atoms with E-state index < -0.39 is 0 Å². The van der Waals surface area contributed by atoms with Crippen LogP contribution in [0.4, 0.5) is 0 Å². The molecule has 0 spiro atoms. The Hall–Kier alpha value is 0.700. The van der Waals surface area contributed by atoms with Crippen molar-refractivity contribution in [3.63, 3.8) is 0 Å². The zero-order valence-electron chi connectivity index (χ0n) is 11.6. The van der Waals surface area contributed by atoms with Gasteiger partial charge in [-0.2, -0.15) is 0 Å². The number of rotatable bonds is 11.